The summed E-state index contributed by atoms with van der Waals surface area (Å²) >= 11 is 8.38. The van der Waals surface area contributed by atoms with E-state index >= 15 is 0 Å². The van der Waals surface area contributed by atoms with Crippen LogP contribution in [0.4, 0.5) is 11.4 Å². The molecule has 0 aliphatic heterocycles. The Morgan fingerprint density at radius 2 is 2.05 bits per heavy atom. The van der Waals surface area contributed by atoms with Gasteiger partial charge in [-0.25, -0.2) is 0 Å². The maximum atomic E-state index is 12.1. The van der Waals surface area contributed by atoms with E-state index in [0.717, 1.165) is 9.26 Å². The third-order valence-electron chi connectivity index (χ3n) is 2.66. The molecule has 2 aromatic rings. The minimum atomic E-state index is -0.0865. The summed E-state index contributed by atoms with van der Waals surface area (Å²) in [4.78, 5) is 17.7. The first-order chi connectivity index (χ1) is 9.49. The van der Waals surface area contributed by atoms with E-state index in [2.05, 4.69) is 32.9 Å². The Bertz CT molecular complexity index is 646. The third kappa shape index (κ3) is 3.40. The largest absolute Gasteiger partial charge is 0.352 e. The van der Waals surface area contributed by atoms with Gasteiger partial charge < -0.3 is 10.2 Å². The van der Waals surface area contributed by atoms with Crippen molar-refractivity contribution in [3.63, 3.8) is 0 Å². The SMILES string of the molecule is CN(C)C(=O)c1ccncc1Nc1ccc(I)cc1Cl. The highest BCUT2D eigenvalue weighted by Gasteiger charge is 2.14. The molecule has 0 saturated carbocycles. The highest BCUT2D eigenvalue weighted by Crippen LogP contribution is 2.28. The van der Waals surface area contributed by atoms with Gasteiger partial charge in [-0.15, -0.1) is 0 Å². The molecule has 1 aromatic carbocycles. The average molecular weight is 402 g/mol. The van der Waals surface area contributed by atoms with Crippen molar-refractivity contribution in [1.29, 1.82) is 0 Å². The molecule has 20 heavy (non-hydrogen) atoms. The molecular formula is C14H13ClIN3O. The minimum absolute atomic E-state index is 0.0865. The Morgan fingerprint density at radius 3 is 2.70 bits per heavy atom. The van der Waals surface area contributed by atoms with E-state index in [1.54, 1.807) is 32.6 Å². The van der Waals surface area contributed by atoms with Gasteiger partial charge in [-0.05, 0) is 46.9 Å². The number of hydrogen-bond acceptors (Lipinski definition) is 3. The molecule has 0 aliphatic rings. The zero-order chi connectivity index (χ0) is 14.7. The number of anilines is 2. The molecule has 0 bridgehead atoms. The molecule has 0 aliphatic carbocycles. The number of hydrogen-bond donors (Lipinski definition) is 1. The lowest BCUT2D eigenvalue weighted by atomic mass is 10.2. The first-order valence-corrected chi connectivity index (χ1v) is 7.32. The van der Waals surface area contributed by atoms with Gasteiger partial charge in [-0.3, -0.25) is 9.78 Å². The highest BCUT2D eigenvalue weighted by molar-refractivity contribution is 14.1. The Morgan fingerprint density at radius 1 is 1.30 bits per heavy atom. The zero-order valence-electron chi connectivity index (χ0n) is 11.0. The van der Waals surface area contributed by atoms with Crippen LogP contribution >= 0.6 is 34.2 Å². The van der Waals surface area contributed by atoms with Crippen molar-refractivity contribution in [3.05, 3.63) is 50.8 Å². The molecule has 4 nitrogen and oxygen atoms in total. The summed E-state index contributed by atoms with van der Waals surface area (Å²) in [5.41, 5.74) is 1.93. The van der Waals surface area contributed by atoms with Gasteiger partial charge in [0.05, 0.1) is 28.2 Å². The van der Waals surface area contributed by atoms with Gasteiger partial charge in [0.15, 0.2) is 0 Å². The summed E-state index contributed by atoms with van der Waals surface area (Å²) in [5, 5.41) is 3.76. The molecule has 2 rings (SSSR count). The first kappa shape index (κ1) is 15.1. The average Bonchev–Trinajstić information content (AvgIpc) is 2.41. The van der Waals surface area contributed by atoms with E-state index in [9.17, 15) is 4.79 Å². The Kier molecular flexibility index (Phi) is 4.82. The van der Waals surface area contributed by atoms with E-state index in [1.807, 2.05) is 18.2 Å². The lowest BCUT2D eigenvalue weighted by Crippen LogP contribution is -2.22. The van der Waals surface area contributed by atoms with Crippen LogP contribution in [0.5, 0.6) is 0 Å². The number of benzene rings is 1. The highest BCUT2D eigenvalue weighted by atomic mass is 127. The molecule has 0 fully saturated rings. The monoisotopic (exact) mass is 401 g/mol. The number of halogens is 2. The molecule has 0 unspecified atom stereocenters. The van der Waals surface area contributed by atoms with E-state index < -0.39 is 0 Å². The summed E-state index contributed by atoms with van der Waals surface area (Å²) < 4.78 is 1.05. The minimum Gasteiger partial charge on any atom is -0.352 e. The molecule has 0 atom stereocenters. The predicted octanol–water partition coefficient (Wildman–Crippen LogP) is 3.79. The molecule has 0 saturated heterocycles. The lowest BCUT2D eigenvalue weighted by molar-refractivity contribution is 0.0828. The molecule has 104 valence electrons. The summed E-state index contributed by atoms with van der Waals surface area (Å²) in [6.45, 7) is 0. The number of rotatable bonds is 3. The standard InChI is InChI=1S/C14H13ClIN3O/c1-19(2)14(20)10-5-6-17-8-13(10)18-12-4-3-9(16)7-11(12)15/h3-8,18H,1-2H3. The number of carbonyl (C=O) groups is 1. The first-order valence-electron chi connectivity index (χ1n) is 5.87. The fraction of sp³-hybridized carbons (Fsp3) is 0.143. The number of amides is 1. The van der Waals surface area contributed by atoms with Crippen LogP contribution < -0.4 is 5.32 Å². The van der Waals surface area contributed by atoms with Crippen molar-refractivity contribution in [2.45, 2.75) is 0 Å². The normalized spacial score (nSPS) is 10.2. The van der Waals surface area contributed by atoms with Crippen molar-refractivity contribution >= 4 is 51.5 Å². The van der Waals surface area contributed by atoms with Crippen molar-refractivity contribution in [2.24, 2.45) is 0 Å². The van der Waals surface area contributed by atoms with Crippen LogP contribution in [0.25, 0.3) is 0 Å². The Balaban J connectivity index is 2.36. The van der Waals surface area contributed by atoms with Crippen molar-refractivity contribution < 1.29 is 4.79 Å². The Hall–Kier alpha value is -1.34. The maximum absolute atomic E-state index is 12.1. The molecule has 1 heterocycles. The number of nitrogens with zero attached hydrogens (tertiary/aromatic N) is 2. The lowest BCUT2D eigenvalue weighted by Gasteiger charge is -2.15. The molecule has 1 N–H and O–H groups in total. The smallest absolute Gasteiger partial charge is 0.255 e. The van der Waals surface area contributed by atoms with E-state index in [0.29, 0.717) is 16.3 Å². The van der Waals surface area contributed by atoms with E-state index in [4.69, 9.17) is 11.6 Å². The van der Waals surface area contributed by atoms with Crippen LogP contribution in [0.1, 0.15) is 10.4 Å². The van der Waals surface area contributed by atoms with Crippen LogP contribution in [0, 0.1) is 3.57 Å². The second-order valence-electron chi connectivity index (χ2n) is 4.37. The molecule has 1 aromatic heterocycles. The van der Waals surface area contributed by atoms with Gasteiger partial charge in [0, 0.05) is 23.9 Å². The summed E-state index contributed by atoms with van der Waals surface area (Å²) in [6, 6.07) is 7.36. The molecular weight excluding hydrogens is 389 g/mol. The van der Waals surface area contributed by atoms with Crippen LogP contribution in [-0.2, 0) is 0 Å². The molecule has 1 amide bonds. The second kappa shape index (κ2) is 6.41. The van der Waals surface area contributed by atoms with Crippen LogP contribution in [0.15, 0.2) is 36.7 Å². The fourth-order valence-corrected chi connectivity index (χ4v) is 2.56. The molecule has 0 spiro atoms. The second-order valence-corrected chi connectivity index (χ2v) is 6.02. The number of carbonyl (C=O) groups excluding carboxylic acids is 1. The van der Waals surface area contributed by atoms with Gasteiger partial charge in [0.1, 0.15) is 0 Å². The van der Waals surface area contributed by atoms with Gasteiger partial charge in [-0.1, -0.05) is 11.6 Å². The van der Waals surface area contributed by atoms with Crippen molar-refractivity contribution in [3.8, 4) is 0 Å². The van der Waals surface area contributed by atoms with Crippen LogP contribution in [0.2, 0.25) is 5.02 Å². The number of pyridine rings is 1. The van der Waals surface area contributed by atoms with Crippen molar-refractivity contribution in [2.75, 3.05) is 19.4 Å². The summed E-state index contributed by atoms with van der Waals surface area (Å²) in [6.07, 6.45) is 3.21. The number of aromatic nitrogens is 1. The summed E-state index contributed by atoms with van der Waals surface area (Å²) in [7, 11) is 3.43. The van der Waals surface area contributed by atoms with Gasteiger partial charge in [-0.2, -0.15) is 0 Å². The Labute approximate surface area is 136 Å². The van der Waals surface area contributed by atoms with Crippen molar-refractivity contribution in [1.82, 2.24) is 9.88 Å². The van der Waals surface area contributed by atoms with Gasteiger partial charge in [0.2, 0.25) is 0 Å². The molecule has 6 heteroatoms. The predicted molar refractivity (Wildman–Crippen MR) is 89.7 cm³/mol. The fourth-order valence-electron chi connectivity index (χ4n) is 1.66. The topological polar surface area (TPSA) is 45.2 Å². The van der Waals surface area contributed by atoms with Gasteiger partial charge >= 0.3 is 0 Å². The van der Waals surface area contributed by atoms with Crippen LogP contribution in [-0.4, -0.2) is 29.9 Å². The third-order valence-corrected chi connectivity index (χ3v) is 3.64. The quantitative estimate of drug-likeness (QED) is 0.796. The molecule has 0 radical (unpaired) electrons. The maximum Gasteiger partial charge on any atom is 0.255 e. The number of nitrogens with one attached hydrogen (secondary N) is 1. The van der Waals surface area contributed by atoms with Crippen LogP contribution in [0.3, 0.4) is 0 Å². The van der Waals surface area contributed by atoms with Gasteiger partial charge in [0.25, 0.3) is 5.91 Å². The zero-order valence-corrected chi connectivity index (χ0v) is 13.9. The van der Waals surface area contributed by atoms with E-state index in [1.165, 1.54) is 4.90 Å². The van der Waals surface area contributed by atoms with E-state index in [-0.39, 0.29) is 5.91 Å². The summed E-state index contributed by atoms with van der Waals surface area (Å²) in [5.74, 6) is -0.0865.